The van der Waals surface area contributed by atoms with Gasteiger partial charge >= 0.3 is 0 Å². The number of halogens is 2. The Morgan fingerprint density at radius 1 is 0.828 bits per heavy atom. The molecule has 3 aromatic carbocycles. The zero-order chi connectivity index (χ0) is 20.6. The van der Waals surface area contributed by atoms with E-state index in [1.54, 1.807) is 36.4 Å². The summed E-state index contributed by atoms with van der Waals surface area (Å²) in [5.41, 5.74) is 2.52. The summed E-state index contributed by atoms with van der Waals surface area (Å²) in [6.07, 6.45) is 2.68. The number of anilines is 1. The van der Waals surface area contributed by atoms with Crippen LogP contribution in [-0.2, 0) is 17.6 Å². The third-order valence-corrected chi connectivity index (χ3v) is 4.83. The van der Waals surface area contributed by atoms with Crippen molar-refractivity contribution in [3.63, 3.8) is 0 Å². The largest absolute Gasteiger partial charge is 0.508 e. The Morgan fingerprint density at radius 3 is 2.00 bits per heavy atom. The Bertz CT molecular complexity index is 923. The minimum absolute atomic E-state index is 0.135. The zero-order valence-corrected chi connectivity index (χ0v) is 15.9. The van der Waals surface area contributed by atoms with Crippen molar-refractivity contribution in [2.45, 2.75) is 25.7 Å². The van der Waals surface area contributed by atoms with Crippen molar-refractivity contribution >= 4 is 11.6 Å². The third-order valence-electron chi connectivity index (χ3n) is 4.83. The van der Waals surface area contributed by atoms with E-state index in [9.17, 15) is 18.7 Å². The van der Waals surface area contributed by atoms with Gasteiger partial charge in [-0.1, -0.05) is 24.3 Å². The molecular formula is C24H23F2NO2. The Labute approximate surface area is 169 Å². The minimum Gasteiger partial charge on any atom is -0.508 e. The zero-order valence-electron chi connectivity index (χ0n) is 15.9. The van der Waals surface area contributed by atoms with Crippen molar-refractivity contribution in [2.75, 3.05) is 5.32 Å². The molecule has 0 saturated carbocycles. The SMILES string of the molecule is O=C(Nc1ccc(F)cc1)C(CCCc1ccc(F)cc1)Cc1ccc(O)cc1. The quantitative estimate of drug-likeness (QED) is 0.530. The molecule has 0 spiro atoms. The van der Waals surface area contributed by atoms with Gasteiger partial charge in [-0.2, -0.15) is 0 Å². The van der Waals surface area contributed by atoms with Crippen LogP contribution in [0.1, 0.15) is 24.0 Å². The molecule has 1 unspecified atom stereocenters. The van der Waals surface area contributed by atoms with Gasteiger partial charge in [0, 0.05) is 11.6 Å². The normalized spacial score (nSPS) is 11.8. The van der Waals surface area contributed by atoms with Crippen LogP contribution >= 0.6 is 0 Å². The summed E-state index contributed by atoms with van der Waals surface area (Å²) in [5.74, 6) is -0.869. The first-order valence-corrected chi connectivity index (χ1v) is 9.58. The number of nitrogens with one attached hydrogen (secondary N) is 1. The summed E-state index contributed by atoms with van der Waals surface area (Å²) < 4.78 is 26.2. The highest BCUT2D eigenvalue weighted by atomic mass is 19.1. The van der Waals surface area contributed by atoms with Crippen LogP contribution in [0.4, 0.5) is 14.5 Å². The first kappa shape index (κ1) is 20.5. The molecule has 3 aromatic rings. The van der Waals surface area contributed by atoms with Crippen molar-refractivity contribution in [2.24, 2.45) is 5.92 Å². The first-order chi connectivity index (χ1) is 14.0. The number of benzene rings is 3. The molecule has 0 aliphatic rings. The number of hydrogen-bond acceptors (Lipinski definition) is 2. The molecule has 0 bridgehead atoms. The lowest BCUT2D eigenvalue weighted by Gasteiger charge is -2.17. The van der Waals surface area contributed by atoms with Gasteiger partial charge in [0.15, 0.2) is 0 Å². The standard InChI is InChI=1S/C24H23F2NO2/c25-20-8-4-17(5-9-20)2-1-3-19(16-18-6-14-23(28)15-7-18)24(29)27-22-12-10-21(26)11-13-22/h4-15,19,28H,1-3,16H2,(H,27,29). The number of phenols is 1. The summed E-state index contributed by atoms with van der Waals surface area (Å²) in [5, 5.41) is 12.3. The van der Waals surface area contributed by atoms with Gasteiger partial charge in [0.25, 0.3) is 0 Å². The molecule has 2 N–H and O–H groups in total. The van der Waals surface area contributed by atoms with Gasteiger partial charge in [0.1, 0.15) is 17.4 Å². The Morgan fingerprint density at radius 2 is 1.38 bits per heavy atom. The Balaban J connectivity index is 1.65. The summed E-state index contributed by atoms with van der Waals surface area (Å²) in [6, 6.07) is 18.8. The van der Waals surface area contributed by atoms with Crippen LogP contribution in [0.3, 0.4) is 0 Å². The predicted octanol–water partition coefficient (Wildman–Crippen LogP) is 5.49. The second-order valence-electron chi connectivity index (χ2n) is 7.08. The molecule has 1 atom stereocenters. The fourth-order valence-electron chi connectivity index (χ4n) is 3.22. The van der Waals surface area contributed by atoms with E-state index in [0.29, 0.717) is 18.5 Å². The molecule has 0 heterocycles. The second kappa shape index (κ2) is 9.82. The maximum atomic E-state index is 13.1. The molecule has 0 radical (unpaired) electrons. The van der Waals surface area contributed by atoms with E-state index >= 15 is 0 Å². The van der Waals surface area contributed by atoms with Crippen LogP contribution in [0.25, 0.3) is 0 Å². The topological polar surface area (TPSA) is 49.3 Å². The van der Waals surface area contributed by atoms with Crippen molar-refractivity contribution in [3.05, 3.63) is 95.6 Å². The molecule has 3 nitrogen and oxygen atoms in total. The number of amides is 1. The van der Waals surface area contributed by atoms with Crippen LogP contribution in [0.15, 0.2) is 72.8 Å². The third kappa shape index (κ3) is 6.42. The average Bonchev–Trinajstić information content (AvgIpc) is 2.72. The highest BCUT2D eigenvalue weighted by molar-refractivity contribution is 5.92. The summed E-state index contributed by atoms with van der Waals surface area (Å²) in [6.45, 7) is 0. The fraction of sp³-hybridized carbons (Fsp3) is 0.208. The Hall–Kier alpha value is -3.21. The van der Waals surface area contributed by atoms with Gasteiger partial charge in [-0.05, 0) is 85.3 Å². The van der Waals surface area contributed by atoms with Crippen LogP contribution < -0.4 is 5.32 Å². The fourth-order valence-corrected chi connectivity index (χ4v) is 3.22. The van der Waals surface area contributed by atoms with Crippen LogP contribution in [0, 0.1) is 17.6 Å². The van der Waals surface area contributed by atoms with E-state index in [2.05, 4.69) is 5.32 Å². The molecule has 5 heteroatoms. The highest BCUT2D eigenvalue weighted by Gasteiger charge is 2.19. The molecule has 0 saturated heterocycles. The van der Waals surface area contributed by atoms with E-state index in [1.165, 1.54) is 36.4 Å². The number of aromatic hydroxyl groups is 1. The maximum absolute atomic E-state index is 13.1. The van der Waals surface area contributed by atoms with Crippen LogP contribution in [0.2, 0.25) is 0 Å². The predicted molar refractivity (Wildman–Crippen MR) is 110 cm³/mol. The number of carbonyl (C=O) groups excluding carboxylic acids is 1. The van der Waals surface area contributed by atoms with E-state index < -0.39 is 0 Å². The average molecular weight is 395 g/mol. The number of carbonyl (C=O) groups is 1. The lowest BCUT2D eigenvalue weighted by atomic mass is 9.92. The van der Waals surface area contributed by atoms with E-state index in [0.717, 1.165) is 24.0 Å². The van der Waals surface area contributed by atoms with Crippen LogP contribution in [0.5, 0.6) is 5.75 Å². The van der Waals surface area contributed by atoms with E-state index in [1.807, 2.05) is 0 Å². The Kier molecular flexibility index (Phi) is 6.95. The molecule has 150 valence electrons. The summed E-state index contributed by atoms with van der Waals surface area (Å²) in [4.78, 5) is 12.9. The van der Waals surface area contributed by atoms with Gasteiger partial charge < -0.3 is 10.4 Å². The molecule has 0 aliphatic carbocycles. The number of rotatable bonds is 8. The maximum Gasteiger partial charge on any atom is 0.227 e. The molecular weight excluding hydrogens is 372 g/mol. The van der Waals surface area contributed by atoms with Gasteiger partial charge in [-0.15, -0.1) is 0 Å². The molecule has 0 fully saturated rings. The summed E-state index contributed by atoms with van der Waals surface area (Å²) in [7, 11) is 0. The molecule has 0 aliphatic heterocycles. The van der Waals surface area contributed by atoms with Gasteiger partial charge in [-0.3, -0.25) is 4.79 Å². The second-order valence-corrected chi connectivity index (χ2v) is 7.08. The van der Waals surface area contributed by atoms with Crippen molar-refractivity contribution in [3.8, 4) is 5.75 Å². The molecule has 3 rings (SSSR count). The molecule has 1 amide bonds. The molecule has 29 heavy (non-hydrogen) atoms. The highest BCUT2D eigenvalue weighted by Crippen LogP contribution is 2.21. The van der Waals surface area contributed by atoms with Gasteiger partial charge in [0.2, 0.25) is 5.91 Å². The number of hydrogen-bond donors (Lipinski definition) is 2. The van der Waals surface area contributed by atoms with Crippen molar-refractivity contribution in [1.82, 2.24) is 0 Å². The van der Waals surface area contributed by atoms with Crippen molar-refractivity contribution < 1.29 is 18.7 Å². The molecule has 0 aromatic heterocycles. The lowest BCUT2D eigenvalue weighted by molar-refractivity contribution is -0.120. The van der Waals surface area contributed by atoms with Crippen LogP contribution in [-0.4, -0.2) is 11.0 Å². The monoisotopic (exact) mass is 395 g/mol. The lowest BCUT2D eigenvalue weighted by Crippen LogP contribution is -2.25. The minimum atomic E-state index is -0.358. The van der Waals surface area contributed by atoms with Gasteiger partial charge in [0.05, 0.1) is 0 Å². The number of phenolic OH excluding ortho intramolecular Hbond substituents is 1. The van der Waals surface area contributed by atoms with Crippen molar-refractivity contribution in [1.29, 1.82) is 0 Å². The van der Waals surface area contributed by atoms with E-state index in [-0.39, 0.29) is 29.2 Å². The number of aryl methyl sites for hydroxylation is 1. The first-order valence-electron chi connectivity index (χ1n) is 9.58. The van der Waals surface area contributed by atoms with Gasteiger partial charge in [-0.25, -0.2) is 8.78 Å². The van der Waals surface area contributed by atoms with E-state index in [4.69, 9.17) is 0 Å². The summed E-state index contributed by atoms with van der Waals surface area (Å²) >= 11 is 0. The smallest absolute Gasteiger partial charge is 0.227 e.